The number of aromatic nitrogens is 2. The maximum atomic E-state index is 12.4. The van der Waals surface area contributed by atoms with Crippen molar-refractivity contribution in [3.8, 4) is 5.69 Å². The zero-order valence-corrected chi connectivity index (χ0v) is 12.6. The van der Waals surface area contributed by atoms with E-state index in [1.165, 1.54) is 12.1 Å². The molecule has 1 N–H and O–H groups in total. The van der Waals surface area contributed by atoms with Gasteiger partial charge in [0.15, 0.2) is 0 Å². The van der Waals surface area contributed by atoms with Gasteiger partial charge in [-0.05, 0) is 23.8 Å². The molecule has 0 saturated carbocycles. The Morgan fingerprint density at radius 3 is 2.54 bits per heavy atom. The molecule has 0 bridgehead atoms. The van der Waals surface area contributed by atoms with Crippen LogP contribution in [-0.4, -0.2) is 20.6 Å². The molecule has 7 heteroatoms. The number of amides is 1. The van der Waals surface area contributed by atoms with Gasteiger partial charge in [0.2, 0.25) is 0 Å². The van der Waals surface area contributed by atoms with Crippen LogP contribution in [0.1, 0.15) is 15.9 Å². The van der Waals surface area contributed by atoms with Crippen LogP contribution in [0.2, 0.25) is 0 Å². The summed E-state index contributed by atoms with van der Waals surface area (Å²) in [5, 5.41) is 17.6. The highest BCUT2D eigenvalue weighted by Gasteiger charge is 2.12. The summed E-state index contributed by atoms with van der Waals surface area (Å²) in [4.78, 5) is 22.6. The third-order valence-corrected chi connectivity index (χ3v) is 3.50. The molecule has 0 unspecified atom stereocenters. The second-order valence-electron chi connectivity index (χ2n) is 5.07. The van der Waals surface area contributed by atoms with Gasteiger partial charge in [0.05, 0.1) is 16.2 Å². The first-order chi connectivity index (χ1) is 11.6. The van der Waals surface area contributed by atoms with E-state index in [1.807, 2.05) is 12.1 Å². The maximum absolute atomic E-state index is 12.4. The molecule has 24 heavy (non-hydrogen) atoms. The van der Waals surface area contributed by atoms with Crippen molar-refractivity contribution in [3.63, 3.8) is 0 Å². The highest BCUT2D eigenvalue weighted by atomic mass is 16.6. The first-order valence-corrected chi connectivity index (χ1v) is 7.26. The Hall–Kier alpha value is -3.48. The molecule has 1 amide bonds. The third kappa shape index (κ3) is 3.30. The Bertz CT molecular complexity index is 858. The number of hydrogen-bond acceptors (Lipinski definition) is 4. The van der Waals surface area contributed by atoms with E-state index in [0.29, 0.717) is 11.3 Å². The smallest absolute Gasteiger partial charge is 0.269 e. The van der Waals surface area contributed by atoms with Gasteiger partial charge < -0.3 is 5.32 Å². The fraction of sp³-hybridized carbons (Fsp3) is 0.0588. The molecule has 120 valence electrons. The summed E-state index contributed by atoms with van der Waals surface area (Å²) in [6.45, 7) is 0.282. The molecule has 0 aliphatic heterocycles. The van der Waals surface area contributed by atoms with Crippen molar-refractivity contribution in [1.29, 1.82) is 0 Å². The number of para-hydroxylation sites is 1. The van der Waals surface area contributed by atoms with Crippen LogP contribution < -0.4 is 5.32 Å². The lowest BCUT2D eigenvalue weighted by molar-refractivity contribution is -0.384. The lowest BCUT2D eigenvalue weighted by Crippen LogP contribution is -2.24. The molecule has 0 fully saturated rings. The van der Waals surface area contributed by atoms with Gasteiger partial charge >= 0.3 is 0 Å². The minimum absolute atomic E-state index is 0.0223. The first kappa shape index (κ1) is 15.4. The Morgan fingerprint density at radius 2 is 1.88 bits per heavy atom. The van der Waals surface area contributed by atoms with E-state index in [1.54, 1.807) is 47.4 Å². The minimum atomic E-state index is -0.456. The molecule has 0 spiro atoms. The van der Waals surface area contributed by atoms with Gasteiger partial charge in [-0.25, -0.2) is 4.68 Å². The summed E-state index contributed by atoms with van der Waals surface area (Å²) in [5.74, 6) is -0.237. The van der Waals surface area contributed by atoms with Gasteiger partial charge in [-0.15, -0.1) is 0 Å². The number of benzene rings is 2. The number of rotatable bonds is 5. The Morgan fingerprint density at radius 1 is 1.12 bits per heavy atom. The molecule has 3 rings (SSSR count). The molecular weight excluding hydrogens is 308 g/mol. The fourth-order valence-corrected chi connectivity index (χ4v) is 2.29. The monoisotopic (exact) mass is 322 g/mol. The standard InChI is InChI=1S/C17H14N4O3/c22-17(18-12-13-6-8-14(9-7-13)21(23)24)15-4-1-2-5-16(15)20-11-3-10-19-20/h1-11H,12H2,(H,18,22). The van der Waals surface area contributed by atoms with Crippen molar-refractivity contribution in [2.75, 3.05) is 0 Å². The molecule has 0 radical (unpaired) electrons. The van der Waals surface area contributed by atoms with Crippen LogP contribution in [0.15, 0.2) is 67.0 Å². The summed E-state index contributed by atoms with van der Waals surface area (Å²) in [5.41, 5.74) is 1.99. The normalized spacial score (nSPS) is 10.3. The lowest BCUT2D eigenvalue weighted by Gasteiger charge is -2.10. The highest BCUT2D eigenvalue weighted by Crippen LogP contribution is 2.14. The number of nitro benzene ring substituents is 1. The average Bonchev–Trinajstić information content (AvgIpc) is 3.14. The van der Waals surface area contributed by atoms with Gasteiger partial charge in [-0.1, -0.05) is 24.3 Å². The van der Waals surface area contributed by atoms with Crippen molar-refractivity contribution in [1.82, 2.24) is 15.1 Å². The second-order valence-corrected chi connectivity index (χ2v) is 5.07. The molecule has 0 aliphatic rings. The number of carbonyl (C=O) groups excluding carboxylic acids is 1. The number of carbonyl (C=O) groups is 1. The van der Waals surface area contributed by atoms with Gasteiger partial charge in [0.1, 0.15) is 0 Å². The molecule has 0 aliphatic carbocycles. The van der Waals surface area contributed by atoms with E-state index in [-0.39, 0.29) is 18.1 Å². The Balaban J connectivity index is 1.73. The molecule has 0 saturated heterocycles. The molecule has 7 nitrogen and oxygen atoms in total. The summed E-state index contributed by atoms with van der Waals surface area (Å²) in [6.07, 6.45) is 3.41. The molecule has 0 atom stereocenters. The van der Waals surface area contributed by atoms with E-state index >= 15 is 0 Å². The van der Waals surface area contributed by atoms with Crippen molar-refractivity contribution < 1.29 is 9.72 Å². The minimum Gasteiger partial charge on any atom is -0.348 e. The van der Waals surface area contributed by atoms with Crippen LogP contribution in [0, 0.1) is 10.1 Å². The van der Waals surface area contributed by atoms with Crippen molar-refractivity contribution in [3.05, 3.63) is 88.2 Å². The van der Waals surface area contributed by atoms with E-state index in [4.69, 9.17) is 0 Å². The quantitative estimate of drug-likeness (QED) is 0.577. The van der Waals surface area contributed by atoms with Gasteiger partial charge in [0, 0.05) is 31.1 Å². The van der Waals surface area contributed by atoms with Crippen LogP contribution in [-0.2, 0) is 6.54 Å². The molecule has 2 aromatic carbocycles. The topological polar surface area (TPSA) is 90.1 Å². The largest absolute Gasteiger partial charge is 0.348 e. The predicted octanol–water partition coefficient (Wildman–Crippen LogP) is 2.71. The second kappa shape index (κ2) is 6.74. The number of nitro groups is 1. The lowest BCUT2D eigenvalue weighted by atomic mass is 10.1. The summed E-state index contributed by atoms with van der Waals surface area (Å²) >= 11 is 0. The number of nitrogens with one attached hydrogen (secondary N) is 1. The Kier molecular flexibility index (Phi) is 4.33. The van der Waals surface area contributed by atoms with Crippen molar-refractivity contribution in [2.24, 2.45) is 0 Å². The van der Waals surface area contributed by atoms with Gasteiger partial charge in [-0.3, -0.25) is 14.9 Å². The fourth-order valence-electron chi connectivity index (χ4n) is 2.29. The van der Waals surface area contributed by atoms with Gasteiger partial charge in [-0.2, -0.15) is 5.10 Å². The van der Waals surface area contributed by atoms with Crippen LogP contribution in [0.25, 0.3) is 5.69 Å². The molecule has 1 aromatic heterocycles. The van der Waals surface area contributed by atoms with Crippen LogP contribution >= 0.6 is 0 Å². The average molecular weight is 322 g/mol. The molecular formula is C17H14N4O3. The summed E-state index contributed by atoms with van der Waals surface area (Å²) in [6, 6.07) is 15.0. The third-order valence-electron chi connectivity index (χ3n) is 3.50. The highest BCUT2D eigenvalue weighted by molar-refractivity contribution is 5.97. The maximum Gasteiger partial charge on any atom is 0.269 e. The predicted molar refractivity (Wildman–Crippen MR) is 87.8 cm³/mol. The van der Waals surface area contributed by atoms with Crippen LogP contribution in [0.5, 0.6) is 0 Å². The zero-order valence-electron chi connectivity index (χ0n) is 12.6. The SMILES string of the molecule is O=C(NCc1ccc([N+](=O)[O-])cc1)c1ccccc1-n1cccn1. The summed E-state index contributed by atoms with van der Waals surface area (Å²) in [7, 11) is 0. The van der Waals surface area contributed by atoms with Gasteiger partial charge in [0.25, 0.3) is 11.6 Å². The number of hydrogen-bond donors (Lipinski definition) is 1. The van der Waals surface area contributed by atoms with E-state index in [9.17, 15) is 14.9 Å². The van der Waals surface area contributed by atoms with E-state index in [0.717, 1.165) is 5.56 Å². The molecule has 3 aromatic rings. The van der Waals surface area contributed by atoms with E-state index < -0.39 is 4.92 Å². The van der Waals surface area contributed by atoms with Crippen molar-refractivity contribution in [2.45, 2.75) is 6.54 Å². The first-order valence-electron chi connectivity index (χ1n) is 7.26. The zero-order chi connectivity index (χ0) is 16.9. The number of non-ortho nitro benzene ring substituents is 1. The van der Waals surface area contributed by atoms with Crippen LogP contribution in [0.4, 0.5) is 5.69 Å². The van der Waals surface area contributed by atoms with Crippen molar-refractivity contribution >= 4 is 11.6 Å². The Labute approximate surface area is 137 Å². The molecule has 1 heterocycles. The summed E-state index contributed by atoms with van der Waals surface area (Å²) < 4.78 is 1.63. The van der Waals surface area contributed by atoms with Crippen LogP contribution in [0.3, 0.4) is 0 Å². The number of nitrogens with zero attached hydrogens (tertiary/aromatic N) is 3. The van der Waals surface area contributed by atoms with E-state index in [2.05, 4.69) is 10.4 Å².